The number of nitrogens with two attached hydrogens (primary N) is 1. The average Bonchev–Trinajstić information content (AvgIpc) is 3.25. The average molecular weight is 291 g/mol. The number of hydrogen-bond donors (Lipinski definition) is 2. The van der Waals surface area contributed by atoms with Crippen molar-refractivity contribution in [2.24, 2.45) is 0 Å². The fourth-order valence-corrected chi connectivity index (χ4v) is 2.41. The SMILES string of the molecule is COCC(C)NC(=O)CN(Cc1ccc(N)cc1)C1CC1. The van der Waals surface area contributed by atoms with Crippen molar-refractivity contribution in [1.29, 1.82) is 0 Å². The summed E-state index contributed by atoms with van der Waals surface area (Å²) in [5, 5.41) is 2.96. The Hall–Kier alpha value is -1.59. The van der Waals surface area contributed by atoms with Crippen molar-refractivity contribution >= 4 is 11.6 Å². The maximum absolute atomic E-state index is 12.1. The van der Waals surface area contributed by atoms with Gasteiger partial charge in [-0.1, -0.05) is 12.1 Å². The molecule has 0 saturated heterocycles. The topological polar surface area (TPSA) is 67.6 Å². The van der Waals surface area contributed by atoms with Crippen LogP contribution in [-0.4, -0.2) is 43.2 Å². The van der Waals surface area contributed by atoms with Crippen molar-refractivity contribution in [3.63, 3.8) is 0 Å². The second-order valence-electron chi connectivity index (χ2n) is 5.80. The summed E-state index contributed by atoms with van der Waals surface area (Å²) < 4.78 is 5.04. The first-order chi connectivity index (χ1) is 10.1. The minimum absolute atomic E-state index is 0.0417. The second-order valence-corrected chi connectivity index (χ2v) is 5.80. The van der Waals surface area contributed by atoms with Crippen molar-refractivity contribution in [2.45, 2.75) is 38.4 Å². The lowest BCUT2D eigenvalue weighted by Crippen LogP contribution is -2.43. The molecule has 0 heterocycles. The van der Waals surface area contributed by atoms with Gasteiger partial charge in [-0.3, -0.25) is 9.69 Å². The summed E-state index contributed by atoms with van der Waals surface area (Å²) in [4.78, 5) is 14.3. The molecule has 0 aromatic heterocycles. The maximum atomic E-state index is 12.1. The largest absolute Gasteiger partial charge is 0.399 e. The van der Waals surface area contributed by atoms with Gasteiger partial charge in [0, 0.05) is 31.4 Å². The van der Waals surface area contributed by atoms with Crippen LogP contribution >= 0.6 is 0 Å². The van der Waals surface area contributed by atoms with Crippen molar-refractivity contribution in [1.82, 2.24) is 10.2 Å². The van der Waals surface area contributed by atoms with Gasteiger partial charge in [-0.05, 0) is 37.5 Å². The molecule has 5 nitrogen and oxygen atoms in total. The Kier molecular flexibility index (Phi) is 5.59. The van der Waals surface area contributed by atoms with E-state index in [1.165, 1.54) is 18.4 Å². The van der Waals surface area contributed by atoms with Gasteiger partial charge in [-0.2, -0.15) is 0 Å². The monoisotopic (exact) mass is 291 g/mol. The first-order valence-electron chi connectivity index (χ1n) is 7.45. The summed E-state index contributed by atoms with van der Waals surface area (Å²) in [5.41, 5.74) is 7.66. The normalized spacial score (nSPS) is 16.0. The van der Waals surface area contributed by atoms with Crippen LogP contribution in [0, 0.1) is 0 Å². The Bertz CT molecular complexity index is 457. The van der Waals surface area contributed by atoms with E-state index >= 15 is 0 Å². The third kappa shape index (κ3) is 5.36. The zero-order valence-corrected chi connectivity index (χ0v) is 12.8. The third-order valence-corrected chi connectivity index (χ3v) is 3.60. The Morgan fingerprint density at radius 3 is 2.67 bits per heavy atom. The van der Waals surface area contributed by atoms with Gasteiger partial charge in [0.15, 0.2) is 0 Å². The fraction of sp³-hybridized carbons (Fsp3) is 0.562. The van der Waals surface area contributed by atoms with Crippen LogP contribution in [0.2, 0.25) is 0 Å². The number of benzene rings is 1. The van der Waals surface area contributed by atoms with Crippen LogP contribution in [0.15, 0.2) is 24.3 Å². The molecule has 2 rings (SSSR count). The molecule has 1 aromatic carbocycles. The van der Waals surface area contributed by atoms with Gasteiger partial charge in [0.2, 0.25) is 5.91 Å². The molecule has 1 aliphatic carbocycles. The minimum atomic E-state index is 0.0417. The maximum Gasteiger partial charge on any atom is 0.234 e. The molecule has 1 aromatic rings. The van der Waals surface area contributed by atoms with Crippen LogP contribution in [0.25, 0.3) is 0 Å². The summed E-state index contributed by atoms with van der Waals surface area (Å²) in [6, 6.07) is 8.43. The molecule has 0 spiro atoms. The van der Waals surface area contributed by atoms with E-state index in [2.05, 4.69) is 10.2 Å². The highest BCUT2D eigenvalue weighted by Gasteiger charge is 2.30. The second kappa shape index (κ2) is 7.43. The molecule has 1 unspecified atom stereocenters. The number of ether oxygens (including phenoxy) is 1. The zero-order valence-electron chi connectivity index (χ0n) is 12.8. The van der Waals surface area contributed by atoms with Gasteiger partial charge in [0.1, 0.15) is 0 Å². The molecule has 21 heavy (non-hydrogen) atoms. The van der Waals surface area contributed by atoms with Crippen LogP contribution in [0.4, 0.5) is 5.69 Å². The number of amides is 1. The molecule has 1 fully saturated rings. The van der Waals surface area contributed by atoms with Gasteiger partial charge in [0.25, 0.3) is 0 Å². The van der Waals surface area contributed by atoms with Crippen molar-refractivity contribution in [3.05, 3.63) is 29.8 Å². The van der Waals surface area contributed by atoms with E-state index in [0.717, 1.165) is 12.2 Å². The molecule has 3 N–H and O–H groups in total. The van der Waals surface area contributed by atoms with E-state index in [4.69, 9.17) is 10.5 Å². The van der Waals surface area contributed by atoms with Gasteiger partial charge in [-0.15, -0.1) is 0 Å². The minimum Gasteiger partial charge on any atom is -0.399 e. The number of anilines is 1. The van der Waals surface area contributed by atoms with Crippen LogP contribution in [0.5, 0.6) is 0 Å². The number of carbonyl (C=O) groups excluding carboxylic acids is 1. The van der Waals surface area contributed by atoms with Crippen LogP contribution in [-0.2, 0) is 16.1 Å². The summed E-state index contributed by atoms with van der Waals surface area (Å²) in [6.45, 7) is 3.70. The predicted octanol–water partition coefficient (Wildman–Crippen LogP) is 1.38. The van der Waals surface area contributed by atoms with E-state index in [-0.39, 0.29) is 11.9 Å². The molecule has 0 bridgehead atoms. The predicted molar refractivity (Wildman–Crippen MR) is 83.8 cm³/mol. The van der Waals surface area contributed by atoms with E-state index < -0.39 is 0 Å². The van der Waals surface area contributed by atoms with Crippen molar-refractivity contribution < 1.29 is 9.53 Å². The lowest BCUT2D eigenvalue weighted by atomic mass is 10.2. The highest BCUT2D eigenvalue weighted by Crippen LogP contribution is 2.28. The molecule has 1 atom stereocenters. The van der Waals surface area contributed by atoms with Gasteiger partial charge >= 0.3 is 0 Å². The summed E-state index contributed by atoms with van der Waals surface area (Å²) in [6.07, 6.45) is 2.35. The number of nitrogen functional groups attached to an aromatic ring is 1. The van der Waals surface area contributed by atoms with Crippen LogP contribution in [0.1, 0.15) is 25.3 Å². The molecule has 1 amide bonds. The Morgan fingerprint density at radius 1 is 1.43 bits per heavy atom. The Balaban J connectivity index is 1.87. The van der Waals surface area contributed by atoms with Gasteiger partial charge in [-0.25, -0.2) is 0 Å². The van der Waals surface area contributed by atoms with Gasteiger partial charge in [0.05, 0.1) is 13.2 Å². The lowest BCUT2D eigenvalue weighted by Gasteiger charge is -2.23. The van der Waals surface area contributed by atoms with E-state index in [1.54, 1.807) is 7.11 Å². The van der Waals surface area contributed by atoms with Gasteiger partial charge < -0.3 is 15.8 Å². The molecule has 1 aliphatic rings. The molecule has 0 aliphatic heterocycles. The molecular formula is C16H25N3O2. The molecular weight excluding hydrogens is 266 g/mol. The quantitative estimate of drug-likeness (QED) is 0.710. The molecule has 116 valence electrons. The Morgan fingerprint density at radius 2 is 2.10 bits per heavy atom. The zero-order chi connectivity index (χ0) is 15.2. The van der Waals surface area contributed by atoms with Crippen LogP contribution in [0.3, 0.4) is 0 Å². The molecule has 5 heteroatoms. The highest BCUT2D eigenvalue weighted by molar-refractivity contribution is 5.78. The van der Waals surface area contributed by atoms with Crippen molar-refractivity contribution in [3.8, 4) is 0 Å². The first-order valence-corrected chi connectivity index (χ1v) is 7.45. The standard InChI is InChI=1S/C16H25N3O2/c1-12(11-21-2)18-16(20)10-19(15-7-8-15)9-13-3-5-14(17)6-4-13/h3-6,12,15H,7-11,17H2,1-2H3,(H,18,20). The summed E-state index contributed by atoms with van der Waals surface area (Å²) >= 11 is 0. The smallest absolute Gasteiger partial charge is 0.234 e. The summed E-state index contributed by atoms with van der Waals surface area (Å²) in [5.74, 6) is 0.0573. The van der Waals surface area contributed by atoms with E-state index in [0.29, 0.717) is 19.2 Å². The Labute approximate surface area is 126 Å². The molecule has 1 saturated carbocycles. The van der Waals surface area contributed by atoms with E-state index in [1.807, 2.05) is 31.2 Å². The summed E-state index contributed by atoms with van der Waals surface area (Å²) in [7, 11) is 1.64. The molecule has 0 radical (unpaired) electrons. The number of hydrogen-bond acceptors (Lipinski definition) is 4. The highest BCUT2D eigenvalue weighted by atomic mass is 16.5. The third-order valence-electron chi connectivity index (χ3n) is 3.60. The number of nitrogens with one attached hydrogen (secondary N) is 1. The number of rotatable bonds is 8. The number of carbonyl (C=O) groups is 1. The van der Waals surface area contributed by atoms with E-state index in [9.17, 15) is 4.79 Å². The first kappa shape index (κ1) is 15.8. The number of methoxy groups -OCH3 is 1. The number of nitrogens with zero attached hydrogens (tertiary/aromatic N) is 1. The van der Waals surface area contributed by atoms with Crippen LogP contribution < -0.4 is 11.1 Å². The fourth-order valence-electron chi connectivity index (χ4n) is 2.41. The lowest BCUT2D eigenvalue weighted by molar-refractivity contribution is -0.123. The van der Waals surface area contributed by atoms with Crippen molar-refractivity contribution in [2.75, 3.05) is 26.0 Å².